The smallest absolute Gasteiger partial charge is 0.300 e. The Kier molecular flexibility index (Phi) is 4.12. The number of rotatable bonds is 4. The molecule has 112 valence electrons. The highest BCUT2D eigenvalue weighted by Crippen LogP contribution is 2.30. The molecule has 0 spiro atoms. The van der Waals surface area contributed by atoms with Crippen LogP contribution in [0.3, 0.4) is 0 Å². The van der Waals surface area contributed by atoms with E-state index in [0.717, 1.165) is 12.1 Å². The third kappa shape index (κ3) is 2.82. The zero-order chi connectivity index (χ0) is 15.7. The molecule has 2 rings (SSSR count). The Bertz CT molecular complexity index is 754. The molecular formula is C12H12F2N4O2S. The quantitative estimate of drug-likeness (QED) is 0.533. The standard InChI is InChI=1S/C12H12F2N4O2S/c1-6(2)5-17-11(15-16-12(17)21)9-7(13)3-4-8(10(9)14)18(19)20/h3-4,6H,5H2,1-2H3,(H,16,21). The minimum Gasteiger partial charge on any atom is -0.300 e. The summed E-state index contributed by atoms with van der Waals surface area (Å²) < 4.78 is 29.8. The number of nitro benzene ring substituents is 1. The van der Waals surface area contributed by atoms with Crippen molar-refractivity contribution in [1.29, 1.82) is 0 Å². The number of H-pyrrole nitrogens is 1. The molecule has 1 aromatic carbocycles. The van der Waals surface area contributed by atoms with E-state index in [4.69, 9.17) is 12.2 Å². The summed E-state index contributed by atoms with van der Waals surface area (Å²) >= 11 is 5.03. The van der Waals surface area contributed by atoms with Gasteiger partial charge in [-0.05, 0) is 24.2 Å². The van der Waals surface area contributed by atoms with Crippen molar-refractivity contribution in [1.82, 2.24) is 14.8 Å². The first-order valence-corrected chi connectivity index (χ1v) is 6.51. The first-order chi connectivity index (χ1) is 9.82. The number of benzene rings is 1. The molecule has 0 unspecified atom stereocenters. The van der Waals surface area contributed by atoms with E-state index < -0.39 is 27.8 Å². The van der Waals surface area contributed by atoms with Crippen LogP contribution < -0.4 is 0 Å². The summed E-state index contributed by atoms with van der Waals surface area (Å²) in [5.74, 6) is -2.14. The van der Waals surface area contributed by atoms with Gasteiger partial charge in [0.1, 0.15) is 5.82 Å². The minimum absolute atomic E-state index is 0.0904. The van der Waals surface area contributed by atoms with Crippen molar-refractivity contribution in [3.63, 3.8) is 0 Å². The molecule has 1 heterocycles. The first kappa shape index (κ1) is 15.2. The third-order valence-electron chi connectivity index (χ3n) is 2.80. The number of nitrogens with one attached hydrogen (secondary N) is 1. The number of hydrogen-bond donors (Lipinski definition) is 1. The van der Waals surface area contributed by atoms with Gasteiger partial charge in [-0.25, -0.2) is 4.39 Å². The summed E-state index contributed by atoms with van der Waals surface area (Å²) in [5.41, 5.74) is -1.37. The van der Waals surface area contributed by atoms with E-state index >= 15 is 0 Å². The van der Waals surface area contributed by atoms with Crippen molar-refractivity contribution in [2.45, 2.75) is 20.4 Å². The van der Waals surface area contributed by atoms with Gasteiger partial charge in [0.05, 0.1) is 10.5 Å². The van der Waals surface area contributed by atoms with Crippen molar-refractivity contribution in [2.24, 2.45) is 5.92 Å². The van der Waals surface area contributed by atoms with Crippen molar-refractivity contribution < 1.29 is 13.7 Å². The van der Waals surface area contributed by atoms with E-state index in [9.17, 15) is 18.9 Å². The minimum atomic E-state index is -1.26. The largest absolute Gasteiger partial charge is 0.305 e. The molecule has 1 aromatic heterocycles. The Morgan fingerprint density at radius 1 is 1.48 bits per heavy atom. The number of nitro groups is 1. The molecule has 0 saturated carbocycles. The van der Waals surface area contributed by atoms with Gasteiger partial charge in [0, 0.05) is 12.6 Å². The number of halogens is 2. The molecule has 0 aliphatic carbocycles. The Morgan fingerprint density at radius 2 is 2.14 bits per heavy atom. The molecule has 0 aliphatic rings. The molecule has 0 radical (unpaired) electrons. The SMILES string of the molecule is CC(C)Cn1c(-c2c(F)ccc([N+](=O)[O-])c2F)n[nH]c1=S. The average Bonchev–Trinajstić information content (AvgIpc) is 2.71. The number of aromatic nitrogens is 3. The van der Waals surface area contributed by atoms with Crippen molar-refractivity contribution in [2.75, 3.05) is 0 Å². The molecule has 1 N–H and O–H groups in total. The van der Waals surface area contributed by atoms with Gasteiger partial charge in [0.15, 0.2) is 10.6 Å². The molecule has 0 amide bonds. The second-order valence-corrected chi connectivity index (χ2v) is 5.26. The van der Waals surface area contributed by atoms with E-state index in [0.29, 0.717) is 6.54 Å². The van der Waals surface area contributed by atoms with E-state index in [-0.39, 0.29) is 16.5 Å². The van der Waals surface area contributed by atoms with E-state index in [1.165, 1.54) is 4.57 Å². The average molecular weight is 314 g/mol. The number of nitrogens with zero attached hydrogens (tertiary/aromatic N) is 3. The number of aromatic amines is 1. The van der Waals surface area contributed by atoms with Crippen LogP contribution in [0.2, 0.25) is 0 Å². The molecule has 0 saturated heterocycles. The summed E-state index contributed by atoms with van der Waals surface area (Å²) in [6, 6.07) is 1.62. The Balaban J connectivity index is 2.70. The third-order valence-corrected chi connectivity index (χ3v) is 3.11. The summed E-state index contributed by atoms with van der Waals surface area (Å²) in [4.78, 5) is 9.86. The van der Waals surface area contributed by atoms with Gasteiger partial charge in [-0.1, -0.05) is 13.8 Å². The molecule has 21 heavy (non-hydrogen) atoms. The maximum absolute atomic E-state index is 14.2. The van der Waals surface area contributed by atoms with Crippen LogP contribution in [0, 0.1) is 32.4 Å². The van der Waals surface area contributed by atoms with Gasteiger partial charge >= 0.3 is 5.69 Å². The molecule has 6 nitrogen and oxygen atoms in total. The summed E-state index contributed by atoms with van der Waals surface area (Å²) in [5, 5.41) is 17.0. The Labute approximate surface area is 123 Å². The lowest BCUT2D eigenvalue weighted by molar-refractivity contribution is -0.387. The Morgan fingerprint density at radius 3 is 2.71 bits per heavy atom. The molecule has 9 heteroatoms. The van der Waals surface area contributed by atoms with E-state index in [1.54, 1.807) is 0 Å². The van der Waals surface area contributed by atoms with Gasteiger partial charge in [-0.3, -0.25) is 19.8 Å². The zero-order valence-electron chi connectivity index (χ0n) is 11.3. The maximum atomic E-state index is 14.2. The van der Waals surface area contributed by atoms with Crippen LogP contribution in [0.4, 0.5) is 14.5 Å². The molecule has 0 aliphatic heterocycles. The van der Waals surface area contributed by atoms with Crippen LogP contribution in [0.25, 0.3) is 11.4 Å². The van der Waals surface area contributed by atoms with Crippen LogP contribution in [0.5, 0.6) is 0 Å². The van der Waals surface area contributed by atoms with Crippen LogP contribution in [0.1, 0.15) is 13.8 Å². The van der Waals surface area contributed by atoms with E-state index in [1.807, 2.05) is 13.8 Å². The van der Waals surface area contributed by atoms with Gasteiger partial charge in [-0.2, -0.15) is 9.49 Å². The first-order valence-electron chi connectivity index (χ1n) is 6.11. The highest BCUT2D eigenvalue weighted by atomic mass is 32.1. The monoisotopic (exact) mass is 314 g/mol. The second-order valence-electron chi connectivity index (χ2n) is 4.87. The highest BCUT2D eigenvalue weighted by molar-refractivity contribution is 7.71. The van der Waals surface area contributed by atoms with Crippen LogP contribution in [-0.2, 0) is 6.54 Å². The van der Waals surface area contributed by atoms with Crippen molar-refractivity contribution in [3.8, 4) is 11.4 Å². The van der Waals surface area contributed by atoms with Gasteiger partial charge in [-0.15, -0.1) is 0 Å². The lowest BCUT2D eigenvalue weighted by Gasteiger charge is -2.10. The molecule has 0 fully saturated rings. The predicted octanol–water partition coefficient (Wildman–Crippen LogP) is 3.45. The molecule has 2 aromatic rings. The maximum Gasteiger partial charge on any atom is 0.305 e. The lowest BCUT2D eigenvalue weighted by atomic mass is 10.1. The lowest BCUT2D eigenvalue weighted by Crippen LogP contribution is -2.08. The molecule has 0 bridgehead atoms. The fourth-order valence-corrected chi connectivity index (χ4v) is 2.14. The number of hydrogen-bond acceptors (Lipinski definition) is 4. The summed E-state index contributed by atoms with van der Waals surface area (Å²) in [6.07, 6.45) is 0. The second kappa shape index (κ2) is 5.68. The zero-order valence-corrected chi connectivity index (χ0v) is 12.1. The molecule has 0 atom stereocenters. The van der Waals surface area contributed by atoms with Gasteiger partial charge in [0.2, 0.25) is 5.82 Å². The normalized spacial score (nSPS) is 11.1. The van der Waals surface area contributed by atoms with E-state index in [2.05, 4.69) is 10.2 Å². The van der Waals surface area contributed by atoms with Gasteiger partial charge < -0.3 is 0 Å². The predicted molar refractivity (Wildman–Crippen MR) is 74.3 cm³/mol. The fraction of sp³-hybridized carbons (Fsp3) is 0.333. The van der Waals surface area contributed by atoms with Crippen LogP contribution >= 0.6 is 12.2 Å². The Hall–Kier alpha value is -2.16. The van der Waals surface area contributed by atoms with Crippen LogP contribution in [0.15, 0.2) is 12.1 Å². The summed E-state index contributed by atoms with van der Waals surface area (Å²) in [7, 11) is 0. The molecular weight excluding hydrogens is 302 g/mol. The van der Waals surface area contributed by atoms with Crippen LogP contribution in [-0.4, -0.2) is 19.7 Å². The topological polar surface area (TPSA) is 76.8 Å². The highest BCUT2D eigenvalue weighted by Gasteiger charge is 2.26. The van der Waals surface area contributed by atoms with Gasteiger partial charge in [0.25, 0.3) is 0 Å². The van der Waals surface area contributed by atoms with Crippen molar-refractivity contribution >= 4 is 17.9 Å². The van der Waals surface area contributed by atoms with Crippen molar-refractivity contribution in [3.05, 3.63) is 38.7 Å². The summed E-state index contributed by atoms with van der Waals surface area (Å²) in [6.45, 7) is 4.18. The fourth-order valence-electron chi connectivity index (χ4n) is 1.93.